The summed E-state index contributed by atoms with van der Waals surface area (Å²) in [5.41, 5.74) is 0. The number of aromatic nitrogens is 2. The molecule has 0 fully saturated rings. The Kier molecular flexibility index (Phi) is 3.39. The van der Waals surface area contributed by atoms with Crippen molar-refractivity contribution in [2.24, 2.45) is 0 Å². The molecule has 0 radical (unpaired) electrons. The van der Waals surface area contributed by atoms with Crippen LogP contribution >= 0.6 is 12.2 Å². The third-order valence-corrected chi connectivity index (χ3v) is 1.81. The lowest BCUT2D eigenvalue weighted by Gasteiger charge is -2.08. The number of rotatable bonds is 3. The normalized spacial score (nSPS) is 10.5. The summed E-state index contributed by atoms with van der Waals surface area (Å²) in [6.45, 7) is 0.744. The van der Waals surface area contributed by atoms with E-state index in [0.29, 0.717) is 10.4 Å². The second-order valence-electron chi connectivity index (χ2n) is 2.97. The van der Waals surface area contributed by atoms with Crippen molar-refractivity contribution in [3.05, 3.63) is 16.7 Å². The summed E-state index contributed by atoms with van der Waals surface area (Å²) in [6, 6.07) is 0. The molecule has 0 saturated heterocycles. The minimum absolute atomic E-state index is 0.592. The number of nitrogens with one attached hydrogen (secondary N) is 1. The highest BCUT2D eigenvalue weighted by molar-refractivity contribution is 7.71. The van der Waals surface area contributed by atoms with Crippen LogP contribution in [0.1, 0.15) is 5.82 Å². The molecule has 4 nitrogen and oxygen atoms in total. The van der Waals surface area contributed by atoms with Crippen LogP contribution in [0.2, 0.25) is 0 Å². The third-order valence-electron chi connectivity index (χ3n) is 1.51. The minimum Gasteiger partial charge on any atom is -0.492 e. The van der Waals surface area contributed by atoms with E-state index in [1.807, 2.05) is 19.0 Å². The summed E-state index contributed by atoms with van der Waals surface area (Å²) in [5.74, 6) is 1.45. The molecule has 0 atom stereocenters. The zero-order valence-electron chi connectivity index (χ0n) is 8.00. The lowest BCUT2D eigenvalue weighted by atomic mass is 10.5. The van der Waals surface area contributed by atoms with Crippen LogP contribution in [0, 0.1) is 4.64 Å². The zero-order valence-corrected chi connectivity index (χ0v) is 8.81. The van der Waals surface area contributed by atoms with Crippen molar-refractivity contribution >= 4 is 12.2 Å². The Morgan fingerprint density at radius 3 is 2.77 bits per heavy atom. The summed E-state index contributed by atoms with van der Waals surface area (Å²) in [5, 5.41) is 0. The minimum atomic E-state index is 0.592. The highest BCUT2D eigenvalue weighted by Gasteiger charge is 1.99. The van der Waals surface area contributed by atoms with Crippen LogP contribution in [-0.4, -0.2) is 36.1 Å². The van der Waals surface area contributed by atoms with Crippen molar-refractivity contribution in [1.82, 2.24) is 14.9 Å². The molecular weight excluding hydrogens is 186 g/mol. The highest BCUT2D eigenvalue weighted by atomic mass is 32.1. The molecular formula is C8H13N3OS. The van der Waals surface area contributed by atoms with Gasteiger partial charge in [0.25, 0.3) is 0 Å². The number of ether oxygens (including phenoxy) is 1. The van der Waals surface area contributed by atoms with E-state index in [-0.39, 0.29) is 0 Å². The van der Waals surface area contributed by atoms with Gasteiger partial charge in [0.15, 0.2) is 5.75 Å². The molecule has 0 saturated carbocycles. The van der Waals surface area contributed by atoms with E-state index in [9.17, 15) is 0 Å². The predicted octanol–water partition coefficient (Wildman–Crippen LogP) is 1.21. The van der Waals surface area contributed by atoms with Crippen LogP contribution in [0.5, 0.6) is 5.75 Å². The maximum absolute atomic E-state index is 5.05. The summed E-state index contributed by atoms with van der Waals surface area (Å²) >= 11 is 5.05. The number of H-pyrrole nitrogens is 1. The molecule has 0 amide bonds. The Balaban J connectivity index is 2.90. The van der Waals surface area contributed by atoms with Gasteiger partial charge in [-0.2, -0.15) is 0 Å². The first-order valence-corrected chi connectivity index (χ1v) is 4.31. The highest BCUT2D eigenvalue weighted by Crippen LogP contribution is 2.08. The zero-order chi connectivity index (χ0) is 9.84. The lowest BCUT2D eigenvalue weighted by molar-refractivity contribution is 0.383. The number of nitrogens with zero attached hydrogens (tertiary/aromatic N) is 2. The maximum atomic E-state index is 5.05. The molecule has 1 rings (SSSR count). The first-order valence-electron chi connectivity index (χ1n) is 3.90. The molecule has 0 aliphatic rings. The number of methoxy groups -OCH3 is 1. The SMILES string of the molecule is COc1cnc(CN(C)C)[nH]c1=S. The smallest absolute Gasteiger partial charge is 0.171 e. The molecule has 5 heteroatoms. The molecule has 1 N–H and O–H groups in total. The number of hydrogen-bond donors (Lipinski definition) is 1. The first kappa shape index (κ1) is 10.1. The van der Waals surface area contributed by atoms with Gasteiger partial charge < -0.3 is 14.6 Å². The van der Waals surface area contributed by atoms with Crippen LogP contribution in [0.3, 0.4) is 0 Å². The van der Waals surface area contributed by atoms with Gasteiger partial charge in [-0.05, 0) is 14.1 Å². The quantitative estimate of drug-likeness (QED) is 0.743. The average Bonchev–Trinajstić information content (AvgIpc) is 2.03. The van der Waals surface area contributed by atoms with Crippen molar-refractivity contribution in [3.8, 4) is 5.75 Å². The molecule has 0 spiro atoms. The van der Waals surface area contributed by atoms with Crippen molar-refractivity contribution < 1.29 is 4.74 Å². The molecule has 1 aromatic rings. The van der Waals surface area contributed by atoms with Gasteiger partial charge in [0.05, 0.1) is 19.9 Å². The van der Waals surface area contributed by atoms with Crippen LogP contribution in [-0.2, 0) is 6.54 Å². The summed E-state index contributed by atoms with van der Waals surface area (Å²) in [4.78, 5) is 9.17. The largest absolute Gasteiger partial charge is 0.492 e. The molecule has 72 valence electrons. The van der Waals surface area contributed by atoms with Gasteiger partial charge in [-0.15, -0.1) is 0 Å². The van der Waals surface area contributed by atoms with E-state index < -0.39 is 0 Å². The number of hydrogen-bond acceptors (Lipinski definition) is 4. The van der Waals surface area contributed by atoms with E-state index in [0.717, 1.165) is 12.4 Å². The summed E-state index contributed by atoms with van der Waals surface area (Å²) < 4.78 is 5.59. The fourth-order valence-electron chi connectivity index (χ4n) is 0.945. The Labute approximate surface area is 82.6 Å². The third kappa shape index (κ3) is 2.78. The van der Waals surface area contributed by atoms with Crippen LogP contribution < -0.4 is 4.74 Å². The van der Waals surface area contributed by atoms with E-state index in [1.165, 1.54) is 0 Å². The fourth-order valence-corrected chi connectivity index (χ4v) is 1.20. The number of aromatic amines is 1. The van der Waals surface area contributed by atoms with E-state index in [2.05, 4.69) is 9.97 Å². The summed E-state index contributed by atoms with van der Waals surface area (Å²) in [7, 11) is 5.53. The van der Waals surface area contributed by atoms with Crippen LogP contribution in [0.15, 0.2) is 6.20 Å². The molecule has 0 unspecified atom stereocenters. The molecule has 0 aliphatic carbocycles. The average molecular weight is 199 g/mol. The van der Waals surface area contributed by atoms with Crippen molar-refractivity contribution in [2.45, 2.75) is 6.54 Å². The predicted molar refractivity (Wildman–Crippen MR) is 53.4 cm³/mol. The Morgan fingerprint density at radius 2 is 2.31 bits per heavy atom. The van der Waals surface area contributed by atoms with Gasteiger partial charge in [-0.3, -0.25) is 0 Å². The van der Waals surface area contributed by atoms with E-state index in [4.69, 9.17) is 17.0 Å². The van der Waals surface area contributed by atoms with Crippen molar-refractivity contribution in [2.75, 3.05) is 21.2 Å². The lowest BCUT2D eigenvalue weighted by Crippen LogP contribution is -2.13. The van der Waals surface area contributed by atoms with Gasteiger partial charge in [0.2, 0.25) is 0 Å². The van der Waals surface area contributed by atoms with Gasteiger partial charge in [-0.1, -0.05) is 12.2 Å². The maximum Gasteiger partial charge on any atom is 0.171 e. The standard InChI is InChI=1S/C8H13N3OS/c1-11(2)5-7-9-4-6(12-3)8(13)10-7/h4H,5H2,1-3H3,(H,9,10,13). The molecule has 0 aromatic carbocycles. The van der Waals surface area contributed by atoms with Crippen LogP contribution in [0.25, 0.3) is 0 Å². The van der Waals surface area contributed by atoms with Crippen LogP contribution in [0.4, 0.5) is 0 Å². The molecule has 0 bridgehead atoms. The summed E-state index contributed by atoms with van der Waals surface area (Å²) in [6.07, 6.45) is 1.64. The molecule has 1 aromatic heterocycles. The molecule has 1 heterocycles. The second kappa shape index (κ2) is 4.34. The topological polar surface area (TPSA) is 41.1 Å². The van der Waals surface area contributed by atoms with Crippen molar-refractivity contribution in [1.29, 1.82) is 0 Å². The van der Waals surface area contributed by atoms with Gasteiger partial charge in [0.1, 0.15) is 10.5 Å². The van der Waals surface area contributed by atoms with E-state index >= 15 is 0 Å². The van der Waals surface area contributed by atoms with Gasteiger partial charge in [0, 0.05) is 0 Å². The Hall–Kier alpha value is -0.940. The fraction of sp³-hybridized carbons (Fsp3) is 0.500. The van der Waals surface area contributed by atoms with Gasteiger partial charge in [-0.25, -0.2) is 4.98 Å². The molecule has 13 heavy (non-hydrogen) atoms. The first-order chi connectivity index (χ1) is 6.13. The second-order valence-corrected chi connectivity index (χ2v) is 3.37. The van der Waals surface area contributed by atoms with Crippen molar-refractivity contribution in [3.63, 3.8) is 0 Å². The van der Waals surface area contributed by atoms with Gasteiger partial charge >= 0.3 is 0 Å². The monoisotopic (exact) mass is 199 g/mol. The molecule has 0 aliphatic heterocycles. The Bertz CT molecular complexity index is 334. The Morgan fingerprint density at radius 1 is 1.62 bits per heavy atom. The van der Waals surface area contributed by atoms with E-state index in [1.54, 1.807) is 13.3 Å².